The topological polar surface area (TPSA) is 66.0 Å². The summed E-state index contributed by atoms with van der Waals surface area (Å²) in [5.74, 6) is 7.78. The van der Waals surface area contributed by atoms with Gasteiger partial charge in [0.05, 0.1) is 7.11 Å². The first-order chi connectivity index (χ1) is 16.0. The number of rotatable bonds is 12. The molecule has 0 heterocycles. The lowest BCUT2D eigenvalue weighted by Gasteiger charge is -2.22. The summed E-state index contributed by atoms with van der Waals surface area (Å²) < 4.78 is 22.2. The molecule has 1 N–H and O–H groups in total. The molecule has 7 heteroatoms. The molecule has 2 atom stereocenters. The summed E-state index contributed by atoms with van der Waals surface area (Å²) in [5.41, 5.74) is 1.34. The van der Waals surface area contributed by atoms with Gasteiger partial charge in [0.1, 0.15) is 25.9 Å². The van der Waals surface area contributed by atoms with E-state index in [1.807, 2.05) is 0 Å². The van der Waals surface area contributed by atoms with Crippen LogP contribution in [0.5, 0.6) is 11.5 Å². The van der Waals surface area contributed by atoms with Gasteiger partial charge < -0.3 is 24.3 Å². The fraction of sp³-hybridized carbons (Fsp3) is 0.269. The molecule has 6 nitrogen and oxygen atoms in total. The fourth-order valence-electron chi connectivity index (χ4n) is 2.92. The van der Waals surface area contributed by atoms with Gasteiger partial charge in [0.15, 0.2) is 17.6 Å². The molecule has 170 valence electrons. The first-order valence-electron chi connectivity index (χ1n) is 9.91. The highest BCUT2D eigenvalue weighted by Crippen LogP contribution is 2.31. The van der Waals surface area contributed by atoms with E-state index in [9.17, 15) is 4.79 Å². The quantitative estimate of drug-likeness (QED) is 0.485. The highest BCUT2D eigenvalue weighted by molar-refractivity contribution is 6.30. The minimum absolute atomic E-state index is 0.0337. The zero-order valence-electron chi connectivity index (χ0n) is 18.2. The van der Waals surface area contributed by atoms with Crippen molar-refractivity contribution in [1.29, 1.82) is 0 Å². The van der Waals surface area contributed by atoms with Crippen LogP contribution in [-0.2, 0) is 14.3 Å². The molecule has 0 bridgehead atoms. The smallest absolute Gasteiger partial charge is 0.253 e. The molecule has 2 rings (SSSR count). The molecular weight excluding hydrogens is 442 g/mol. The number of nitrogens with one attached hydrogen (secondary N) is 1. The van der Waals surface area contributed by atoms with Crippen LogP contribution in [0.4, 0.5) is 0 Å². The van der Waals surface area contributed by atoms with Crippen LogP contribution < -0.4 is 14.8 Å². The monoisotopic (exact) mass is 465 g/mol. The third-order valence-electron chi connectivity index (χ3n) is 4.44. The summed E-state index contributed by atoms with van der Waals surface area (Å²) >= 11 is 5.95. The average molecular weight is 466 g/mol. The standard InChI is InChI=1S/C26H24ClNO5/c1-5-14-31-22-13-10-20(17-23(22)30-4)24(32-15-6-2)18-28-26(29)25(33-16-7-3)19-8-11-21(27)12-9-19/h1-3,8-13,17,24-25H,14-16,18H2,4H3,(H,28,29). The first kappa shape index (κ1) is 25.7. The summed E-state index contributed by atoms with van der Waals surface area (Å²) in [4.78, 5) is 12.9. The van der Waals surface area contributed by atoms with Crippen molar-refractivity contribution in [3.63, 3.8) is 0 Å². The Morgan fingerprint density at radius 3 is 2.21 bits per heavy atom. The Labute approximate surface area is 199 Å². The van der Waals surface area contributed by atoms with Gasteiger partial charge in [-0.2, -0.15) is 0 Å². The molecule has 0 radical (unpaired) electrons. The summed E-state index contributed by atoms with van der Waals surface area (Å²) in [7, 11) is 1.51. The second-order valence-corrected chi connectivity index (χ2v) is 7.04. The predicted molar refractivity (Wildman–Crippen MR) is 127 cm³/mol. The maximum atomic E-state index is 12.9. The van der Waals surface area contributed by atoms with E-state index in [0.717, 1.165) is 5.56 Å². The molecule has 0 spiro atoms. The second-order valence-electron chi connectivity index (χ2n) is 6.60. The summed E-state index contributed by atoms with van der Waals surface area (Å²) in [6.45, 7) is 0.241. The number of methoxy groups -OCH3 is 1. The Morgan fingerprint density at radius 2 is 1.58 bits per heavy atom. The van der Waals surface area contributed by atoms with Crippen LogP contribution in [0.2, 0.25) is 5.02 Å². The van der Waals surface area contributed by atoms with Gasteiger partial charge in [0, 0.05) is 11.6 Å². The molecule has 1 amide bonds. The molecule has 0 saturated heterocycles. The van der Waals surface area contributed by atoms with E-state index >= 15 is 0 Å². The molecule has 0 aromatic heterocycles. The molecule has 0 aliphatic rings. The molecule has 0 aliphatic heterocycles. The molecule has 2 unspecified atom stereocenters. The van der Waals surface area contributed by atoms with E-state index in [1.54, 1.807) is 42.5 Å². The number of ether oxygens (including phenoxy) is 4. The number of amides is 1. The van der Waals surface area contributed by atoms with Crippen molar-refractivity contribution < 1.29 is 23.7 Å². The van der Waals surface area contributed by atoms with Gasteiger partial charge >= 0.3 is 0 Å². The van der Waals surface area contributed by atoms with Gasteiger partial charge in [-0.15, -0.1) is 19.3 Å². The van der Waals surface area contributed by atoms with Crippen LogP contribution in [-0.4, -0.2) is 39.4 Å². The molecule has 2 aromatic rings. The Kier molecular flexibility index (Phi) is 10.7. The first-order valence-corrected chi connectivity index (χ1v) is 10.3. The van der Waals surface area contributed by atoms with E-state index in [2.05, 4.69) is 23.1 Å². The highest BCUT2D eigenvalue weighted by atomic mass is 35.5. The molecule has 0 saturated carbocycles. The lowest BCUT2D eigenvalue weighted by Crippen LogP contribution is -2.34. The van der Waals surface area contributed by atoms with Crippen molar-refractivity contribution in [2.24, 2.45) is 0 Å². The van der Waals surface area contributed by atoms with Crippen molar-refractivity contribution in [3.05, 3.63) is 58.6 Å². The molecular formula is C26H24ClNO5. The number of benzene rings is 2. The van der Waals surface area contributed by atoms with Crippen LogP contribution in [0.3, 0.4) is 0 Å². The fourth-order valence-corrected chi connectivity index (χ4v) is 3.05. The number of terminal acetylenes is 3. The molecule has 2 aromatic carbocycles. The molecule has 0 aliphatic carbocycles. The Bertz CT molecular complexity index is 1050. The lowest BCUT2D eigenvalue weighted by molar-refractivity contribution is -0.133. The summed E-state index contributed by atoms with van der Waals surface area (Å²) in [6, 6.07) is 12.0. The number of carbonyl (C=O) groups excluding carboxylic acids is 1. The van der Waals surface area contributed by atoms with Gasteiger partial charge in [-0.3, -0.25) is 4.79 Å². The zero-order chi connectivity index (χ0) is 24.1. The minimum atomic E-state index is -0.916. The Hall–Kier alpha value is -3.60. The van der Waals surface area contributed by atoms with Gasteiger partial charge in [-0.1, -0.05) is 47.6 Å². The van der Waals surface area contributed by atoms with E-state index in [0.29, 0.717) is 22.1 Å². The normalized spacial score (nSPS) is 11.8. The number of hydrogen-bond donors (Lipinski definition) is 1. The zero-order valence-corrected chi connectivity index (χ0v) is 18.9. The van der Waals surface area contributed by atoms with Crippen LogP contribution in [0, 0.1) is 37.0 Å². The van der Waals surface area contributed by atoms with Crippen molar-refractivity contribution >= 4 is 17.5 Å². The maximum Gasteiger partial charge on any atom is 0.253 e. The number of hydrogen-bond acceptors (Lipinski definition) is 5. The van der Waals surface area contributed by atoms with Crippen molar-refractivity contribution in [1.82, 2.24) is 5.32 Å². The lowest BCUT2D eigenvalue weighted by atomic mass is 10.1. The third-order valence-corrected chi connectivity index (χ3v) is 4.70. The molecule has 33 heavy (non-hydrogen) atoms. The van der Waals surface area contributed by atoms with E-state index < -0.39 is 12.2 Å². The minimum Gasteiger partial charge on any atom is -0.493 e. The number of halogens is 1. The van der Waals surface area contributed by atoms with E-state index in [4.69, 9.17) is 49.8 Å². The summed E-state index contributed by atoms with van der Waals surface area (Å²) in [5, 5.41) is 3.38. The van der Waals surface area contributed by atoms with Crippen molar-refractivity contribution in [2.45, 2.75) is 12.2 Å². The third kappa shape index (κ3) is 7.79. The van der Waals surface area contributed by atoms with Gasteiger partial charge in [-0.25, -0.2) is 0 Å². The van der Waals surface area contributed by atoms with Crippen LogP contribution >= 0.6 is 11.6 Å². The van der Waals surface area contributed by atoms with E-state index in [-0.39, 0.29) is 32.3 Å². The predicted octanol–water partition coefficient (Wildman–Crippen LogP) is 3.56. The van der Waals surface area contributed by atoms with Crippen molar-refractivity contribution in [3.8, 4) is 48.5 Å². The van der Waals surface area contributed by atoms with Crippen molar-refractivity contribution in [2.75, 3.05) is 33.5 Å². The average Bonchev–Trinajstić information content (AvgIpc) is 2.84. The second kappa shape index (κ2) is 13.7. The summed E-state index contributed by atoms with van der Waals surface area (Å²) in [6.07, 6.45) is 14.4. The highest BCUT2D eigenvalue weighted by Gasteiger charge is 2.23. The van der Waals surface area contributed by atoms with Gasteiger partial charge in [0.25, 0.3) is 5.91 Å². The Balaban J connectivity index is 2.19. The number of carbonyl (C=O) groups is 1. The van der Waals surface area contributed by atoms with E-state index in [1.165, 1.54) is 7.11 Å². The van der Waals surface area contributed by atoms with Crippen LogP contribution in [0.25, 0.3) is 0 Å². The van der Waals surface area contributed by atoms with Crippen LogP contribution in [0.15, 0.2) is 42.5 Å². The largest absolute Gasteiger partial charge is 0.493 e. The maximum absolute atomic E-state index is 12.9. The molecule has 0 fully saturated rings. The van der Waals surface area contributed by atoms with Gasteiger partial charge in [-0.05, 0) is 35.4 Å². The van der Waals surface area contributed by atoms with Crippen LogP contribution in [0.1, 0.15) is 23.3 Å². The van der Waals surface area contributed by atoms with Gasteiger partial charge in [0.2, 0.25) is 0 Å². The SMILES string of the molecule is C#CCOc1ccc(C(CNC(=O)C(OCC#C)c2ccc(Cl)cc2)OCC#C)cc1OC. The Morgan fingerprint density at radius 1 is 0.939 bits per heavy atom.